The Labute approximate surface area is 126 Å². The van der Waals surface area contributed by atoms with Crippen molar-refractivity contribution in [1.29, 1.82) is 0 Å². The summed E-state index contributed by atoms with van der Waals surface area (Å²) >= 11 is 1.15. The molecule has 0 bridgehead atoms. The Morgan fingerprint density at radius 2 is 2.19 bits per heavy atom. The molecular weight excluding hydrogens is 293 g/mol. The molecule has 1 atom stereocenters. The van der Waals surface area contributed by atoms with E-state index in [1.165, 1.54) is 6.07 Å². The summed E-state index contributed by atoms with van der Waals surface area (Å²) in [5.74, 6) is -0.407. The van der Waals surface area contributed by atoms with Gasteiger partial charge in [-0.05, 0) is 25.5 Å². The minimum absolute atomic E-state index is 0.0903. The zero-order valence-corrected chi connectivity index (χ0v) is 12.6. The van der Waals surface area contributed by atoms with Crippen LogP contribution >= 0.6 is 11.8 Å². The van der Waals surface area contributed by atoms with Gasteiger partial charge in [0.1, 0.15) is 5.82 Å². The van der Waals surface area contributed by atoms with Crippen molar-refractivity contribution in [1.82, 2.24) is 15.5 Å². The van der Waals surface area contributed by atoms with Crippen LogP contribution in [0, 0.1) is 5.82 Å². The first-order valence-electron chi connectivity index (χ1n) is 6.64. The zero-order valence-electron chi connectivity index (χ0n) is 11.8. The molecule has 0 aliphatic rings. The minimum atomic E-state index is -0.425. The maximum Gasteiger partial charge on any atom is 0.277 e. The van der Waals surface area contributed by atoms with Gasteiger partial charge in [-0.1, -0.05) is 30.8 Å². The van der Waals surface area contributed by atoms with E-state index in [4.69, 9.17) is 4.42 Å². The Balaban J connectivity index is 2.04. The molecule has 1 amide bonds. The summed E-state index contributed by atoms with van der Waals surface area (Å²) in [6, 6.07) is 6.17. The first-order valence-corrected chi connectivity index (χ1v) is 7.52. The number of amides is 1. The Morgan fingerprint density at radius 1 is 1.43 bits per heavy atom. The van der Waals surface area contributed by atoms with Crippen LogP contribution in [0.3, 0.4) is 0 Å². The fraction of sp³-hybridized carbons (Fsp3) is 0.357. The van der Waals surface area contributed by atoms with Gasteiger partial charge in [0, 0.05) is 6.54 Å². The number of hydrogen-bond donors (Lipinski definition) is 1. The summed E-state index contributed by atoms with van der Waals surface area (Å²) in [4.78, 5) is 11.8. The van der Waals surface area contributed by atoms with Crippen LogP contribution in [-0.2, 0) is 4.79 Å². The lowest BCUT2D eigenvalue weighted by atomic mass is 10.2. The predicted molar refractivity (Wildman–Crippen MR) is 78.3 cm³/mol. The molecule has 1 aromatic carbocycles. The molecule has 0 aliphatic carbocycles. The lowest BCUT2D eigenvalue weighted by Gasteiger charge is -2.08. The van der Waals surface area contributed by atoms with E-state index in [1.54, 1.807) is 25.1 Å². The molecule has 2 aromatic rings. The van der Waals surface area contributed by atoms with Gasteiger partial charge in [0.25, 0.3) is 11.1 Å². The molecule has 0 aliphatic heterocycles. The average Bonchev–Trinajstić information content (AvgIpc) is 2.93. The fourth-order valence-electron chi connectivity index (χ4n) is 1.60. The maximum absolute atomic E-state index is 13.6. The van der Waals surface area contributed by atoms with Gasteiger partial charge in [0.2, 0.25) is 5.91 Å². The van der Waals surface area contributed by atoms with Crippen LogP contribution < -0.4 is 5.32 Å². The van der Waals surface area contributed by atoms with Crippen molar-refractivity contribution in [3.63, 3.8) is 0 Å². The normalized spacial score (nSPS) is 12.1. The van der Waals surface area contributed by atoms with Gasteiger partial charge in [-0.15, -0.1) is 10.2 Å². The number of carbonyl (C=O) groups is 1. The SMILES string of the molecule is CCCNC(=O)[C@@H](C)Sc1nnc(-c2ccccc2F)o1. The molecule has 0 saturated heterocycles. The summed E-state index contributed by atoms with van der Waals surface area (Å²) < 4.78 is 19.0. The van der Waals surface area contributed by atoms with E-state index in [0.29, 0.717) is 6.54 Å². The molecule has 0 radical (unpaired) electrons. The quantitative estimate of drug-likeness (QED) is 0.831. The first kappa shape index (κ1) is 15.5. The third kappa shape index (κ3) is 4.04. The largest absolute Gasteiger partial charge is 0.411 e. The lowest BCUT2D eigenvalue weighted by Crippen LogP contribution is -2.31. The Morgan fingerprint density at radius 3 is 2.90 bits per heavy atom. The number of rotatable bonds is 6. The highest BCUT2D eigenvalue weighted by Gasteiger charge is 2.19. The van der Waals surface area contributed by atoms with Crippen LogP contribution in [-0.4, -0.2) is 27.9 Å². The molecule has 1 N–H and O–H groups in total. The topological polar surface area (TPSA) is 68.0 Å². The maximum atomic E-state index is 13.6. The predicted octanol–water partition coefficient (Wildman–Crippen LogP) is 2.88. The monoisotopic (exact) mass is 309 g/mol. The average molecular weight is 309 g/mol. The fourth-order valence-corrected chi connectivity index (χ4v) is 2.31. The minimum Gasteiger partial charge on any atom is -0.411 e. The van der Waals surface area contributed by atoms with E-state index < -0.39 is 5.82 Å². The molecule has 21 heavy (non-hydrogen) atoms. The highest BCUT2D eigenvalue weighted by molar-refractivity contribution is 8.00. The van der Waals surface area contributed by atoms with Gasteiger partial charge in [-0.2, -0.15) is 0 Å². The van der Waals surface area contributed by atoms with E-state index in [-0.39, 0.29) is 27.8 Å². The second kappa shape index (κ2) is 7.21. The van der Waals surface area contributed by atoms with Gasteiger partial charge in [0.15, 0.2) is 0 Å². The molecule has 5 nitrogen and oxygen atoms in total. The molecule has 2 rings (SSSR count). The molecular formula is C14H16FN3O2S. The van der Waals surface area contributed by atoms with Crippen molar-refractivity contribution in [2.45, 2.75) is 30.7 Å². The standard InChI is InChI=1S/C14H16FN3O2S/c1-3-8-16-12(19)9(2)21-14-18-17-13(20-14)10-6-4-5-7-11(10)15/h4-7,9H,3,8H2,1-2H3,(H,16,19)/t9-/m1/s1. The third-order valence-corrected chi connectivity index (χ3v) is 3.64. The zero-order chi connectivity index (χ0) is 15.2. The van der Waals surface area contributed by atoms with Crippen LogP contribution in [0.1, 0.15) is 20.3 Å². The number of nitrogens with one attached hydrogen (secondary N) is 1. The lowest BCUT2D eigenvalue weighted by molar-refractivity contribution is -0.120. The number of carbonyl (C=O) groups excluding carboxylic acids is 1. The van der Waals surface area contributed by atoms with Gasteiger partial charge in [-0.3, -0.25) is 4.79 Å². The van der Waals surface area contributed by atoms with Gasteiger partial charge in [-0.25, -0.2) is 4.39 Å². The van der Waals surface area contributed by atoms with Crippen molar-refractivity contribution < 1.29 is 13.6 Å². The molecule has 0 spiro atoms. The molecule has 112 valence electrons. The molecule has 1 aromatic heterocycles. The van der Waals surface area contributed by atoms with Crippen LogP contribution in [0.4, 0.5) is 4.39 Å². The Kier molecular flexibility index (Phi) is 5.32. The second-order valence-corrected chi connectivity index (χ2v) is 5.70. The number of hydrogen-bond acceptors (Lipinski definition) is 5. The van der Waals surface area contributed by atoms with Gasteiger partial charge >= 0.3 is 0 Å². The summed E-state index contributed by atoms with van der Waals surface area (Å²) in [5.41, 5.74) is 0.250. The number of benzene rings is 1. The Hall–Kier alpha value is -1.89. The van der Waals surface area contributed by atoms with E-state index in [1.807, 2.05) is 6.92 Å². The summed E-state index contributed by atoms with van der Waals surface area (Å²) in [7, 11) is 0. The summed E-state index contributed by atoms with van der Waals surface area (Å²) in [6.45, 7) is 4.37. The van der Waals surface area contributed by atoms with Crippen LogP contribution in [0.15, 0.2) is 33.9 Å². The van der Waals surface area contributed by atoms with E-state index in [9.17, 15) is 9.18 Å². The Bertz CT molecular complexity index is 618. The van der Waals surface area contributed by atoms with Crippen molar-refractivity contribution in [3.8, 4) is 11.5 Å². The van der Waals surface area contributed by atoms with Crippen LogP contribution in [0.2, 0.25) is 0 Å². The van der Waals surface area contributed by atoms with Crippen molar-refractivity contribution in [2.75, 3.05) is 6.54 Å². The van der Waals surface area contributed by atoms with Gasteiger partial charge in [0.05, 0.1) is 10.8 Å². The summed E-state index contributed by atoms with van der Waals surface area (Å²) in [5, 5.41) is 10.3. The van der Waals surface area contributed by atoms with Crippen molar-refractivity contribution >= 4 is 17.7 Å². The molecule has 0 saturated carbocycles. The van der Waals surface area contributed by atoms with Crippen molar-refractivity contribution in [2.24, 2.45) is 0 Å². The number of aromatic nitrogens is 2. The number of nitrogens with zero attached hydrogens (tertiary/aromatic N) is 2. The molecule has 0 fully saturated rings. The van der Waals surface area contributed by atoms with E-state index in [0.717, 1.165) is 18.2 Å². The van der Waals surface area contributed by atoms with Crippen LogP contribution in [0.25, 0.3) is 11.5 Å². The summed E-state index contributed by atoms with van der Waals surface area (Å²) in [6.07, 6.45) is 0.876. The van der Waals surface area contributed by atoms with Gasteiger partial charge < -0.3 is 9.73 Å². The van der Waals surface area contributed by atoms with E-state index in [2.05, 4.69) is 15.5 Å². The first-order chi connectivity index (χ1) is 10.1. The third-order valence-electron chi connectivity index (χ3n) is 2.71. The second-order valence-electron chi connectivity index (χ2n) is 4.40. The molecule has 0 unspecified atom stereocenters. The molecule has 1 heterocycles. The highest BCUT2D eigenvalue weighted by atomic mass is 32.2. The number of thioether (sulfide) groups is 1. The number of halogens is 1. The highest BCUT2D eigenvalue weighted by Crippen LogP contribution is 2.27. The van der Waals surface area contributed by atoms with Crippen LogP contribution in [0.5, 0.6) is 0 Å². The van der Waals surface area contributed by atoms with E-state index >= 15 is 0 Å². The van der Waals surface area contributed by atoms with Crippen molar-refractivity contribution in [3.05, 3.63) is 30.1 Å². The molecule has 7 heteroatoms. The smallest absolute Gasteiger partial charge is 0.277 e.